The van der Waals surface area contributed by atoms with E-state index in [1.165, 1.54) is 44.6 Å². The van der Waals surface area contributed by atoms with Gasteiger partial charge in [0, 0.05) is 154 Å². The van der Waals surface area contributed by atoms with Gasteiger partial charge in [-0.05, 0) is 169 Å². The fourth-order valence-corrected chi connectivity index (χ4v) is 23.7. The SMILES string of the molecule is CCO[Si](C)(C)CCCOCC1CO1.CCO[Si](CCC1CCC2OC2C1)(OCC)OCC.CCO[Si](CCCOCC1CO1)(OCC)OCC.CO[Si](C)(CCCOCC1CO1)OC.CO[Si](CCC1CCC2OC2C1)(OC)OC.CO[Si](CCCOCC1CO1)(OC)OC. The zero-order valence-corrected chi connectivity index (χ0v) is 69.1. The van der Waals surface area contributed by atoms with Gasteiger partial charge < -0.3 is 114 Å². The summed E-state index contributed by atoms with van der Waals surface area (Å²) in [5.41, 5.74) is 0. The van der Waals surface area contributed by atoms with Crippen molar-refractivity contribution in [2.45, 2.75) is 230 Å². The first-order valence-electron chi connectivity index (χ1n) is 36.3. The Labute approximate surface area is 587 Å². The number of hydrogen-bond acceptors (Lipinski definition) is 25. The zero-order chi connectivity index (χ0) is 70.6. The smallest absolute Gasteiger partial charge is 0.418 e. The van der Waals surface area contributed by atoms with Gasteiger partial charge in [0.25, 0.3) is 0 Å². The monoisotopic (exact) mass is 1490 g/mol. The standard InChI is InChI=1S/C14H28O4Si.C12H26O5Si.C11H22O4Si.C10H22O3Si.C9H20O5Si.C9H20O4Si/c1-4-15-19(16-5-2,17-6-3)10-9-12-7-8-13-14(11-12)18-13;1-4-15-18(16-5-2,17-6-3)9-7-8-13-10-12-11-14-12;1-12-16(13-2,14-3)7-6-9-4-5-10-11(8-9)15-10;1-4-13-14(2,3)7-5-6-11-8-10-9-12-10;1-10-15(11-2,12-3)6-4-5-13-7-9-8-14-9;1-10-14(3,11-2)6-4-5-12-7-9-8-13-9/h12-14H,4-11H2,1-3H3;12H,4-11H2,1-3H3;9-11H,4-8H2,1-3H3;10H,4-9H2,1-3H3;9H,4-8H2,1-3H3;9H,4-8H2,1-3H3. The highest BCUT2D eigenvalue weighted by molar-refractivity contribution is 6.71. The molecule has 10 atom stereocenters. The molecular weight excluding hydrogens is 1350 g/mol. The van der Waals surface area contributed by atoms with Crippen LogP contribution in [-0.2, 0) is 114 Å². The van der Waals surface area contributed by atoms with Gasteiger partial charge in [-0.2, -0.15) is 0 Å². The molecular formula is C65H138O25Si6. The molecule has 0 aromatic heterocycles. The molecule has 0 N–H and O–H groups in total. The average Bonchev–Trinajstić information content (AvgIpc) is 1.67. The second-order valence-electron chi connectivity index (χ2n) is 25.7. The molecule has 8 rings (SSSR count). The zero-order valence-electron chi connectivity index (χ0n) is 63.1. The van der Waals surface area contributed by atoms with E-state index in [4.69, 9.17) is 114 Å². The van der Waals surface area contributed by atoms with Crippen LogP contribution in [0.3, 0.4) is 0 Å². The van der Waals surface area contributed by atoms with E-state index in [2.05, 4.69) is 26.6 Å². The van der Waals surface area contributed by atoms with E-state index in [0.717, 1.165) is 140 Å². The molecule has 10 unspecified atom stereocenters. The Bertz CT molecular complexity index is 1810. The first-order valence-corrected chi connectivity index (χ1v) is 49.7. The molecule has 6 saturated heterocycles. The van der Waals surface area contributed by atoms with Crippen LogP contribution in [0.5, 0.6) is 0 Å². The summed E-state index contributed by atoms with van der Waals surface area (Å²) in [5, 5.41) is 0. The lowest BCUT2D eigenvalue weighted by molar-refractivity contribution is 0.0647. The minimum atomic E-state index is -2.47. The van der Waals surface area contributed by atoms with Crippen molar-refractivity contribution >= 4 is 52.1 Å². The molecule has 96 heavy (non-hydrogen) atoms. The maximum Gasteiger partial charge on any atom is 0.501 e. The van der Waals surface area contributed by atoms with Crippen LogP contribution in [0, 0.1) is 11.8 Å². The Morgan fingerprint density at radius 3 is 0.885 bits per heavy atom. The molecule has 6 aliphatic heterocycles. The van der Waals surface area contributed by atoms with Crippen LogP contribution in [0.2, 0.25) is 55.9 Å². The molecule has 25 nitrogen and oxygen atoms in total. The number of hydrogen-bond donors (Lipinski definition) is 0. The summed E-state index contributed by atoms with van der Waals surface area (Å²) in [5.74, 6) is 1.52. The van der Waals surface area contributed by atoms with Crippen molar-refractivity contribution in [2.75, 3.05) is 182 Å². The third-order valence-electron chi connectivity index (χ3n) is 17.7. The van der Waals surface area contributed by atoms with Gasteiger partial charge in [0.2, 0.25) is 0 Å². The average molecular weight is 1490 g/mol. The van der Waals surface area contributed by atoms with Crippen molar-refractivity contribution in [1.82, 2.24) is 0 Å². The molecule has 572 valence electrons. The highest BCUT2D eigenvalue weighted by atomic mass is 28.4. The highest BCUT2D eigenvalue weighted by Gasteiger charge is 2.48. The molecule has 0 aromatic rings. The van der Waals surface area contributed by atoms with E-state index in [1.807, 2.05) is 41.5 Å². The highest BCUT2D eigenvalue weighted by Crippen LogP contribution is 2.43. The van der Waals surface area contributed by atoms with E-state index < -0.39 is 52.1 Å². The third kappa shape index (κ3) is 40.5. The van der Waals surface area contributed by atoms with Crippen LogP contribution in [0.1, 0.15) is 126 Å². The van der Waals surface area contributed by atoms with Gasteiger partial charge in [0.1, 0.15) is 24.4 Å². The second kappa shape index (κ2) is 51.5. The lowest BCUT2D eigenvalue weighted by Crippen LogP contribution is -2.46. The van der Waals surface area contributed by atoms with Crippen molar-refractivity contribution in [3.8, 4) is 0 Å². The van der Waals surface area contributed by atoms with Crippen LogP contribution in [0.25, 0.3) is 0 Å². The summed E-state index contributed by atoms with van der Waals surface area (Å²) in [6, 6.07) is 5.62. The first-order chi connectivity index (χ1) is 46.3. The van der Waals surface area contributed by atoms with E-state index >= 15 is 0 Å². The summed E-state index contributed by atoms with van der Waals surface area (Å²) in [6.07, 6.45) is 17.4. The molecule has 0 aromatic carbocycles. The van der Waals surface area contributed by atoms with Gasteiger partial charge in [0.15, 0.2) is 8.32 Å². The Morgan fingerprint density at radius 2 is 0.594 bits per heavy atom. The lowest BCUT2D eigenvalue weighted by Gasteiger charge is -2.30. The number of epoxide rings is 6. The molecule has 2 aliphatic carbocycles. The van der Waals surface area contributed by atoms with Crippen molar-refractivity contribution < 1.29 is 114 Å². The van der Waals surface area contributed by atoms with Crippen molar-refractivity contribution in [1.29, 1.82) is 0 Å². The summed E-state index contributed by atoms with van der Waals surface area (Å²) in [6.45, 7) is 34.7. The molecule has 31 heteroatoms. The maximum absolute atomic E-state index is 5.90. The van der Waals surface area contributed by atoms with Gasteiger partial charge in [-0.3, -0.25) is 0 Å². The summed E-state index contributed by atoms with van der Waals surface area (Å²) in [7, 11) is 0.461. The van der Waals surface area contributed by atoms with Crippen molar-refractivity contribution in [3.63, 3.8) is 0 Å². The molecule has 0 radical (unpaired) electrons. The Hall–Kier alpha value is 0.301. The number of ether oxygens (including phenoxy) is 10. The fraction of sp³-hybridized carbons (Fsp3) is 1.00. The van der Waals surface area contributed by atoms with E-state index in [-0.39, 0.29) is 0 Å². The van der Waals surface area contributed by atoms with E-state index in [0.29, 0.717) is 115 Å². The van der Waals surface area contributed by atoms with Crippen molar-refractivity contribution in [2.24, 2.45) is 11.8 Å². The first kappa shape index (κ1) is 90.5. The molecule has 8 fully saturated rings. The van der Waals surface area contributed by atoms with Crippen LogP contribution >= 0.6 is 0 Å². The Morgan fingerprint density at radius 1 is 0.312 bits per heavy atom. The largest absolute Gasteiger partial charge is 0.501 e. The van der Waals surface area contributed by atoms with Gasteiger partial charge in [0.05, 0.1) is 77.3 Å². The predicted octanol–water partition coefficient (Wildman–Crippen LogP) is 10.5. The summed E-state index contributed by atoms with van der Waals surface area (Å²) >= 11 is 0. The molecule has 2 saturated carbocycles. The molecule has 0 amide bonds. The summed E-state index contributed by atoms with van der Waals surface area (Å²) in [4.78, 5) is 0. The quantitative estimate of drug-likeness (QED) is 0.0312. The lowest BCUT2D eigenvalue weighted by atomic mass is 9.88. The molecule has 6 heterocycles. The number of rotatable bonds is 52. The summed E-state index contributed by atoms with van der Waals surface area (Å²) < 4.78 is 137. The Balaban J connectivity index is 0.000000301. The third-order valence-corrected chi connectivity index (χ3v) is 35.2. The maximum atomic E-state index is 5.90. The predicted molar refractivity (Wildman–Crippen MR) is 380 cm³/mol. The molecule has 0 spiro atoms. The van der Waals surface area contributed by atoms with Gasteiger partial charge >= 0.3 is 43.8 Å². The van der Waals surface area contributed by atoms with Gasteiger partial charge in [-0.25, -0.2) is 0 Å². The molecule has 0 bridgehead atoms. The normalized spacial score (nSPS) is 24.6. The Kier molecular flexibility index (Phi) is 48.5. The van der Waals surface area contributed by atoms with Crippen LogP contribution in [0.4, 0.5) is 0 Å². The second-order valence-corrected chi connectivity index (χ2v) is 45.2. The van der Waals surface area contributed by atoms with Gasteiger partial charge in [-0.1, -0.05) is 0 Å². The minimum absolute atomic E-state index is 0.331. The van der Waals surface area contributed by atoms with Crippen LogP contribution in [0.15, 0.2) is 0 Å². The topological polar surface area (TPSA) is 251 Å². The van der Waals surface area contributed by atoms with Crippen LogP contribution in [-0.4, -0.2) is 283 Å². The van der Waals surface area contributed by atoms with Gasteiger partial charge in [-0.15, -0.1) is 0 Å². The minimum Gasteiger partial charge on any atom is -0.418 e. The fourth-order valence-electron chi connectivity index (χ4n) is 11.5. The van der Waals surface area contributed by atoms with E-state index in [9.17, 15) is 0 Å². The molecule has 8 aliphatic rings. The number of fused-ring (bicyclic) bond motifs is 2. The van der Waals surface area contributed by atoms with Crippen LogP contribution < -0.4 is 0 Å². The van der Waals surface area contributed by atoms with E-state index in [1.54, 1.807) is 56.9 Å². The van der Waals surface area contributed by atoms with Crippen molar-refractivity contribution in [3.05, 3.63) is 0 Å².